The Bertz CT molecular complexity index is 968. The zero-order valence-electron chi connectivity index (χ0n) is 15.4. The van der Waals surface area contributed by atoms with Gasteiger partial charge in [0, 0.05) is 0 Å². The molecular formula is C24H23Cl2PZr. The van der Waals surface area contributed by atoms with Crippen LogP contribution in [0.15, 0.2) is 91.0 Å². The van der Waals surface area contributed by atoms with E-state index in [9.17, 15) is 0 Å². The fraction of sp³-hybridized carbons (Fsp3) is 0.0833. The van der Waals surface area contributed by atoms with E-state index in [1.54, 1.807) is 3.27 Å². The van der Waals surface area contributed by atoms with Crippen molar-refractivity contribution < 1.29 is 19.7 Å². The maximum atomic E-state index is 3.47. The number of hydrogen-bond acceptors (Lipinski definition) is 0. The van der Waals surface area contributed by atoms with Crippen LogP contribution in [0.3, 0.4) is 0 Å². The van der Waals surface area contributed by atoms with Gasteiger partial charge >= 0.3 is 162 Å². The minimum atomic E-state index is -2.99. The van der Waals surface area contributed by atoms with E-state index in [1.165, 1.54) is 22.3 Å². The van der Waals surface area contributed by atoms with Gasteiger partial charge in [-0.05, 0) is 0 Å². The molecule has 2 aliphatic rings. The molecule has 5 rings (SSSR count). The quantitative estimate of drug-likeness (QED) is 0.351. The number of hydrogen-bond donors (Lipinski definition) is 0. The van der Waals surface area contributed by atoms with Crippen LogP contribution in [-0.2, 0) is 19.7 Å². The molecule has 0 aromatic heterocycles. The topological polar surface area (TPSA) is 0 Å². The Kier molecular flexibility index (Phi) is 6.84. The molecule has 0 bridgehead atoms. The van der Waals surface area contributed by atoms with E-state index >= 15 is 0 Å². The summed E-state index contributed by atoms with van der Waals surface area (Å²) in [4.78, 5) is 0. The molecule has 0 radical (unpaired) electrons. The van der Waals surface area contributed by atoms with Crippen molar-refractivity contribution >= 4 is 46.8 Å². The molecule has 3 atom stereocenters. The van der Waals surface area contributed by atoms with Crippen molar-refractivity contribution in [2.45, 2.75) is 7.25 Å². The van der Waals surface area contributed by atoms with Crippen molar-refractivity contribution in [2.24, 2.45) is 0 Å². The van der Waals surface area contributed by atoms with Gasteiger partial charge in [-0.2, -0.15) is 0 Å². The van der Waals surface area contributed by atoms with Gasteiger partial charge in [0.15, 0.2) is 0 Å². The number of benzene rings is 3. The Balaban J connectivity index is 0.00000112. The molecule has 0 amide bonds. The molecule has 0 aliphatic heterocycles. The van der Waals surface area contributed by atoms with E-state index in [4.69, 9.17) is 0 Å². The summed E-state index contributed by atoms with van der Waals surface area (Å²) in [6.45, 7) is 3.47. The van der Waals surface area contributed by atoms with Crippen LogP contribution in [0, 0.1) is 0 Å². The molecule has 142 valence electrons. The SMILES string of the molecule is Cl.Cl.[PH2][Zr]([c]1ccccc1)([CH]1C=Cc2ccccc21)[CH]1C=Cc2ccccc21. The van der Waals surface area contributed by atoms with Crippen molar-refractivity contribution in [1.29, 1.82) is 0 Å². The second kappa shape index (κ2) is 8.81. The number of fused-ring (bicyclic) bond motifs is 2. The third-order valence-corrected chi connectivity index (χ3v) is 22.9. The van der Waals surface area contributed by atoms with Gasteiger partial charge in [0.05, 0.1) is 0 Å². The molecule has 3 aromatic rings. The first-order valence-electron chi connectivity index (χ1n) is 9.17. The first-order valence-corrected chi connectivity index (χ1v) is 18.1. The number of allylic oxidation sites excluding steroid dienone is 2. The molecule has 2 aliphatic carbocycles. The van der Waals surface area contributed by atoms with Crippen LogP contribution in [0.5, 0.6) is 0 Å². The zero-order valence-corrected chi connectivity index (χ0v) is 20.6. The van der Waals surface area contributed by atoms with Crippen LogP contribution in [-0.4, -0.2) is 0 Å². The van der Waals surface area contributed by atoms with Gasteiger partial charge in [-0.1, -0.05) is 0 Å². The van der Waals surface area contributed by atoms with Crippen molar-refractivity contribution in [3.05, 3.63) is 113 Å². The van der Waals surface area contributed by atoms with Gasteiger partial charge in [-0.3, -0.25) is 0 Å². The molecule has 3 unspecified atom stereocenters. The molecular weight excluding hydrogens is 481 g/mol. The average Bonchev–Trinajstić information content (AvgIpc) is 3.33. The van der Waals surface area contributed by atoms with Crippen molar-refractivity contribution in [3.63, 3.8) is 0 Å². The normalized spacial score (nSPS) is 20.5. The molecule has 0 fully saturated rings. The Morgan fingerprint density at radius 2 is 1.00 bits per heavy atom. The molecule has 0 saturated carbocycles. The summed E-state index contributed by atoms with van der Waals surface area (Å²) in [5.41, 5.74) is 5.82. The summed E-state index contributed by atoms with van der Waals surface area (Å²) in [5.74, 6) is 0. The van der Waals surface area contributed by atoms with E-state index in [2.05, 4.69) is 110 Å². The fourth-order valence-electron chi connectivity index (χ4n) is 4.61. The molecule has 0 heterocycles. The first kappa shape index (κ1) is 21.7. The van der Waals surface area contributed by atoms with Gasteiger partial charge in [0.25, 0.3) is 0 Å². The summed E-state index contributed by atoms with van der Waals surface area (Å²) in [5, 5.41) is 0. The van der Waals surface area contributed by atoms with E-state index in [0.29, 0.717) is 7.25 Å². The standard InChI is InChI=1S/2C9H7.C6H5.2ClH.H2P.Zr/c2*1-2-5-9-7-3-6-8(9)4-1;1-2-4-6-5-3-1;;;;/h2*1-7H;1-5H;2*1H;1H2;/q;;;;;-1;+1. The van der Waals surface area contributed by atoms with Crippen LogP contribution in [0.25, 0.3) is 12.2 Å². The van der Waals surface area contributed by atoms with Crippen LogP contribution in [0.4, 0.5) is 0 Å². The van der Waals surface area contributed by atoms with E-state index in [1.807, 2.05) is 0 Å². The van der Waals surface area contributed by atoms with Gasteiger partial charge in [0.1, 0.15) is 0 Å². The third-order valence-electron chi connectivity index (χ3n) is 5.90. The minimum absolute atomic E-state index is 0. The summed E-state index contributed by atoms with van der Waals surface area (Å²) in [7, 11) is 0. The van der Waals surface area contributed by atoms with Crippen molar-refractivity contribution in [2.75, 3.05) is 0 Å². The monoisotopic (exact) mass is 502 g/mol. The second-order valence-corrected chi connectivity index (χ2v) is 21.9. The molecule has 0 saturated heterocycles. The molecule has 0 spiro atoms. The predicted molar refractivity (Wildman–Crippen MR) is 127 cm³/mol. The van der Waals surface area contributed by atoms with Crippen LogP contribution in [0.2, 0.25) is 0 Å². The van der Waals surface area contributed by atoms with Crippen LogP contribution >= 0.6 is 31.3 Å². The molecule has 4 heteroatoms. The van der Waals surface area contributed by atoms with Crippen molar-refractivity contribution in [1.82, 2.24) is 0 Å². The Morgan fingerprint density at radius 1 is 0.571 bits per heavy atom. The van der Waals surface area contributed by atoms with Crippen LogP contribution in [0.1, 0.15) is 29.5 Å². The Morgan fingerprint density at radius 3 is 1.50 bits per heavy atom. The molecule has 28 heavy (non-hydrogen) atoms. The fourth-order valence-corrected chi connectivity index (χ4v) is 19.7. The van der Waals surface area contributed by atoms with E-state index < -0.39 is 19.7 Å². The van der Waals surface area contributed by atoms with E-state index in [0.717, 1.165) is 0 Å². The number of halogens is 2. The van der Waals surface area contributed by atoms with Crippen molar-refractivity contribution in [3.8, 4) is 0 Å². The summed E-state index contributed by atoms with van der Waals surface area (Å²) in [6.07, 6.45) is 9.64. The van der Waals surface area contributed by atoms with Gasteiger partial charge in [0.2, 0.25) is 0 Å². The molecule has 0 nitrogen and oxygen atoms in total. The van der Waals surface area contributed by atoms with Gasteiger partial charge in [-0.25, -0.2) is 0 Å². The summed E-state index contributed by atoms with van der Waals surface area (Å²) in [6, 6.07) is 29.2. The first-order chi connectivity index (χ1) is 12.8. The van der Waals surface area contributed by atoms with Crippen LogP contribution < -0.4 is 3.27 Å². The summed E-state index contributed by atoms with van der Waals surface area (Å²) < 4.78 is 2.65. The zero-order chi connectivity index (χ0) is 17.6. The predicted octanol–water partition coefficient (Wildman–Crippen LogP) is 6.64. The third kappa shape index (κ3) is 3.42. The summed E-state index contributed by atoms with van der Waals surface area (Å²) >= 11 is -2.99. The Hall–Kier alpha value is -0.967. The Labute approximate surface area is 185 Å². The number of rotatable bonds is 3. The van der Waals surface area contributed by atoms with Gasteiger partial charge in [-0.15, -0.1) is 24.8 Å². The second-order valence-electron chi connectivity index (χ2n) is 7.23. The average molecular weight is 505 g/mol. The van der Waals surface area contributed by atoms with Gasteiger partial charge < -0.3 is 0 Å². The van der Waals surface area contributed by atoms with E-state index in [-0.39, 0.29) is 24.8 Å². The molecule has 3 aromatic carbocycles. The maximum absolute atomic E-state index is 3.47. The molecule has 0 N–H and O–H groups in total.